The normalized spacial score (nSPS) is 22.8. The van der Waals surface area contributed by atoms with Gasteiger partial charge < -0.3 is 14.7 Å². The number of rotatable bonds is 4. The molecule has 29 heavy (non-hydrogen) atoms. The number of ether oxygens (including phenoxy) is 2. The molecule has 0 aliphatic carbocycles. The zero-order valence-electron chi connectivity index (χ0n) is 15.8. The van der Waals surface area contributed by atoms with Gasteiger partial charge in [0, 0.05) is 13.0 Å². The second kappa shape index (κ2) is 8.39. The fraction of sp³-hybridized carbons (Fsp3) is 0.556. The Labute approximate surface area is 167 Å². The van der Waals surface area contributed by atoms with Crippen LogP contribution in [0.2, 0.25) is 0 Å². The van der Waals surface area contributed by atoms with E-state index in [-0.39, 0.29) is 35.5 Å². The lowest BCUT2D eigenvalue weighted by atomic mass is 10.2. The third kappa shape index (κ3) is 3.70. The van der Waals surface area contributed by atoms with Gasteiger partial charge in [0.1, 0.15) is 24.7 Å². The summed E-state index contributed by atoms with van der Waals surface area (Å²) in [5, 5.41) is 35.9. The Morgan fingerprint density at radius 2 is 1.55 bits per heavy atom. The SMILES string of the molecule is N#Cc1ncn(C2CCCCO2)c1/N=[N+](\[O-])c1c(C#N)ncn1C1CCCCO1. The van der Waals surface area contributed by atoms with Gasteiger partial charge in [-0.15, -0.1) is 4.86 Å². The second-order valence-electron chi connectivity index (χ2n) is 6.89. The third-order valence-corrected chi connectivity index (χ3v) is 5.05. The van der Waals surface area contributed by atoms with Crippen LogP contribution in [0.3, 0.4) is 0 Å². The van der Waals surface area contributed by atoms with Crippen molar-refractivity contribution in [1.82, 2.24) is 19.1 Å². The van der Waals surface area contributed by atoms with Gasteiger partial charge in [0.2, 0.25) is 17.7 Å². The van der Waals surface area contributed by atoms with E-state index in [9.17, 15) is 15.7 Å². The van der Waals surface area contributed by atoms with Crippen molar-refractivity contribution in [2.24, 2.45) is 5.11 Å². The maximum absolute atomic E-state index is 13.0. The number of hydrogen-bond acceptors (Lipinski definition) is 8. The topological polar surface area (TPSA) is 140 Å². The van der Waals surface area contributed by atoms with Crippen molar-refractivity contribution in [3.8, 4) is 12.1 Å². The lowest BCUT2D eigenvalue weighted by molar-refractivity contribution is -0.444. The predicted molar refractivity (Wildman–Crippen MR) is 96.9 cm³/mol. The third-order valence-electron chi connectivity index (χ3n) is 5.05. The van der Waals surface area contributed by atoms with Crippen LogP contribution in [0.4, 0.5) is 11.6 Å². The highest BCUT2D eigenvalue weighted by Crippen LogP contribution is 2.32. The summed E-state index contributed by atoms with van der Waals surface area (Å²) in [7, 11) is 0. The first kappa shape index (κ1) is 19.1. The zero-order valence-corrected chi connectivity index (χ0v) is 15.8. The van der Waals surface area contributed by atoms with Gasteiger partial charge in [-0.25, -0.2) is 4.98 Å². The summed E-state index contributed by atoms with van der Waals surface area (Å²) in [5.41, 5.74) is -0.0464. The molecule has 150 valence electrons. The molecular formula is C18H20N8O3. The Hall–Kier alpha value is -3.28. The fourth-order valence-electron chi connectivity index (χ4n) is 3.60. The number of nitrogens with zero attached hydrogens (tertiary/aromatic N) is 8. The highest BCUT2D eigenvalue weighted by Gasteiger charge is 2.30. The molecule has 0 bridgehead atoms. The van der Waals surface area contributed by atoms with Crippen LogP contribution in [-0.4, -0.2) is 37.2 Å². The van der Waals surface area contributed by atoms with Crippen LogP contribution in [0, 0.1) is 27.9 Å². The minimum atomic E-state index is -0.387. The molecule has 0 amide bonds. The summed E-state index contributed by atoms with van der Waals surface area (Å²) in [6, 6.07) is 3.87. The molecule has 4 rings (SSSR count). The van der Waals surface area contributed by atoms with Gasteiger partial charge in [-0.05, 0) is 32.1 Å². The van der Waals surface area contributed by atoms with Gasteiger partial charge in [-0.1, -0.05) is 5.11 Å². The van der Waals surface area contributed by atoms with Gasteiger partial charge in [0.25, 0.3) is 0 Å². The molecule has 0 aromatic carbocycles. The number of aromatic nitrogens is 4. The molecule has 2 aromatic rings. The first-order valence-electron chi connectivity index (χ1n) is 9.59. The number of nitriles is 2. The molecule has 2 unspecified atom stereocenters. The van der Waals surface area contributed by atoms with Crippen molar-refractivity contribution >= 4 is 11.6 Å². The van der Waals surface area contributed by atoms with Crippen molar-refractivity contribution in [2.75, 3.05) is 13.2 Å². The minimum absolute atomic E-state index is 0.0125. The maximum atomic E-state index is 13.0. The number of imidazole rings is 2. The summed E-state index contributed by atoms with van der Waals surface area (Å²) < 4.78 is 14.6. The molecule has 2 aromatic heterocycles. The number of azo groups is 1. The van der Waals surface area contributed by atoms with Crippen LogP contribution in [0.5, 0.6) is 0 Å². The zero-order chi connectivity index (χ0) is 20.2. The Kier molecular flexibility index (Phi) is 5.51. The molecule has 2 saturated heterocycles. The van der Waals surface area contributed by atoms with E-state index in [0.29, 0.717) is 24.5 Å². The Balaban J connectivity index is 1.75. The van der Waals surface area contributed by atoms with Crippen molar-refractivity contribution in [2.45, 2.75) is 51.0 Å². The van der Waals surface area contributed by atoms with E-state index in [4.69, 9.17) is 9.47 Å². The van der Waals surface area contributed by atoms with Crippen LogP contribution < -0.4 is 0 Å². The van der Waals surface area contributed by atoms with Gasteiger partial charge in [-0.2, -0.15) is 20.1 Å². The monoisotopic (exact) mass is 396 g/mol. The molecule has 0 saturated carbocycles. The van der Waals surface area contributed by atoms with Gasteiger partial charge in [0.15, 0.2) is 12.0 Å². The van der Waals surface area contributed by atoms with Crippen LogP contribution in [0.25, 0.3) is 0 Å². The van der Waals surface area contributed by atoms with Gasteiger partial charge in [-0.3, -0.25) is 4.57 Å². The van der Waals surface area contributed by atoms with Gasteiger partial charge in [0.05, 0.1) is 6.61 Å². The van der Waals surface area contributed by atoms with Crippen LogP contribution in [0.15, 0.2) is 17.8 Å². The molecule has 11 nitrogen and oxygen atoms in total. The Morgan fingerprint density at radius 3 is 2.14 bits per heavy atom. The van der Waals surface area contributed by atoms with E-state index >= 15 is 0 Å². The van der Waals surface area contributed by atoms with E-state index in [1.165, 1.54) is 17.2 Å². The van der Waals surface area contributed by atoms with E-state index in [0.717, 1.165) is 32.1 Å². The van der Waals surface area contributed by atoms with Crippen LogP contribution in [0.1, 0.15) is 62.4 Å². The molecule has 0 radical (unpaired) electrons. The highest BCUT2D eigenvalue weighted by molar-refractivity contribution is 5.44. The van der Waals surface area contributed by atoms with E-state index in [1.54, 1.807) is 4.57 Å². The van der Waals surface area contributed by atoms with Crippen molar-refractivity contribution in [3.63, 3.8) is 0 Å². The average molecular weight is 396 g/mol. The van der Waals surface area contributed by atoms with Crippen molar-refractivity contribution in [1.29, 1.82) is 10.5 Å². The summed E-state index contributed by atoms with van der Waals surface area (Å²) in [6.07, 6.45) is 7.41. The van der Waals surface area contributed by atoms with Crippen LogP contribution in [-0.2, 0) is 9.47 Å². The smallest absolute Gasteiger partial charge is 0.346 e. The molecule has 2 aliphatic heterocycles. The van der Waals surface area contributed by atoms with E-state index in [1.807, 2.05) is 12.1 Å². The summed E-state index contributed by atoms with van der Waals surface area (Å²) in [5.74, 6) is 0.0659. The molecule has 2 aliphatic rings. The van der Waals surface area contributed by atoms with Crippen LogP contribution >= 0.6 is 0 Å². The standard InChI is InChI=1S/C18H20N8O3/c19-9-13-17(24(11-21-13)15-5-1-3-7-28-15)23-26(27)18-14(10-20)22-12-25(18)16-6-2-4-8-29-16/h11-12,15-16H,1-8H2/b26-23-. The minimum Gasteiger partial charge on any atom is -0.690 e. The lowest BCUT2D eigenvalue weighted by Crippen LogP contribution is -2.19. The van der Waals surface area contributed by atoms with Crippen molar-refractivity contribution in [3.05, 3.63) is 29.2 Å². The summed E-state index contributed by atoms with van der Waals surface area (Å²) in [4.78, 5) is 8.39. The first-order valence-corrected chi connectivity index (χ1v) is 9.59. The van der Waals surface area contributed by atoms with Gasteiger partial charge >= 0.3 is 5.82 Å². The van der Waals surface area contributed by atoms with E-state index in [2.05, 4.69) is 15.1 Å². The molecule has 2 atom stereocenters. The van der Waals surface area contributed by atoms with E-state index < -0.39 is 0 Å². The Morgan fingerprint density at radius 1 is 0.966 bits per heavy atom. The molecule has 0 spiro atoms. The second-order valence-corrected chi connectivity index (χ2v) is 6.89. The fourth-order valence-corrected chi connectivity index (χ4v) is 3.60. The molecule has 4 heterocycles. The maximum Gasteiger partial charge on any atom is 0.346 e. The largest absolute Gasteiger partial charge is 0.690 e. The average Bonchev–Trinajstić information content (AvgIpc) is 3.39. The molecule has 2 fully saturated rings. The lowest BCUT2D eigenvalue weighted by Gasteiger charge is -2.24. The predicted octanol–water partition coefficient (Wildman–Crippen LogP) is 3.15. The molecule has 0 N–H and O–H groups in total. The number of hydrogen-bond donors (Lipinski definition) is 0. The highest BCUT2D eigenvalue weighted by atomic mass is 16.5. The molecular weight excluding hydrogens is 376 g/mol. The summed E-state index contributed by atoms with van der Waals surface area (Å²) in [6.45, 7) is 1.17. The first-order chi connectivity index (χ1) is 14.2. The van der Waals surface area contributed by atoms with Crippen molar-refractivity contribution < 1.29 is 14.3 Å². The quantitative estimate of drug-likeness (QED) is 0.439. The summed E-state index contributed by atoms with van der Waals surface area (Å²) >= 11 is 0. The molecule has 11 heteroatoms. The Bertz CT molecular complexity index is 984.